The molecule has 1 aliphatic rings. The van der Waals surface area contributed by atoms with Crippen LogP contribution in [0.15, 0.2) is 4.42 Å². The highest BCUT2D eigenvalue weighted by Gasteiger charge is 2.24. The molecule has 0 spiro atoms. The van der Waals surface area contributed by atoms with E-state index in [0.717, 1.165) is 24.4 Å². The molecule has 0 aliphatic carbocycles. The zero-order valence-electron chi connectivity index (χ0n) is 9.49. The van der Waals surface area contributed by atoms with Crippen LogP contribution in [0, 0.1) is 0 Å². The van der Waals surface area contributed by atoms with Crippen LogP contribution >= 0.6 is 0 Å². The van der Waals surface area contributed by atoms with Gasteiger partial charge in [0.05, 0.1) is 5.69 Å². The molecule has 1 aromatic rings. The Kier molecular flexibility index (Phi) is 2.95. The number of oxazole rings is 1. The van der Waals surface area contributed by atoms with Crippen molar-refractivity contribution in [2.75, 3.05) is 25.9 Å². The molecule has 1 aromatic heterocycles. The van der Waals surface area contributed by atoms with E-state index in [1.54, 1.807) is 0 Å². The molecule has 1 atom stereocenters. The standard InChI is InChI=1S/C11H19N3O/c1-3-9-10(13-11(12)15-9)8-5-4-6-14(2)7-8/h8H,3-7H2,1-2H3,(H2,12,13). The predicted octanol–water partition coefficient (Wildman–Crippen LogP) is 1.63. The minimum absolute atomic E-state index is 0.315. The molecule has 0 saturated carbocycles. The van der Waals surface area contributed by atoms with Crippen molar-refractivity contribution in [3.8, 4) is 0 Å². The maximum absolute atomic E-state index is 5.60. The second-order valence-electron chi connectivity index (χ2n) is 4.32. The number of aromatic nitrogens is 1. The highest BCUT2D eigenvalue weighted by molar-refractivity contribution is 5.24. The van der Waals surface area contributed by atoms with Gasteiger partial charge in [0.1, 0.15) is 5.76 Å². The van der Waals surface area contributed by atoms with Crippen molar-refractivity contribution < 1.29 is 4.42 Å². The normalized spacial score (nSPS) is 23.2. The number of nitrogens with two attached hydrogens (primary N) is 1. The molecule has 1 unspecified atom stereocenters. The van der Waals surface area contributed by atoms with Crippen molar-refractivity contribution >= 4 is 6.01 Å². The van der Waals surface area contributed by atoms with Crippen LogP contribution in [0.2, 0.25) is 0 Å². The molecule has 0 aromatic carbocycles. The molecule has 1 saturated heterocycles. The number of rotatable bonds is 2. The predicted molar refractivity (Wildman–Crippen MR) is 59.8 cm³/mol. The van der Waals surface area contributed by atoms with Crippen molar-refractivity contribution in [1.29, 1.82) is 0 Å². The molecule has 2 rings (SSSR count). The lowest BCUT2D eigenvalue weighted by molar-refractivity contribution is 0.247. The quantitative estimate of drug-likeness (QED) is 0.804. The Balaban J connectivity index is 2.19. The van der Waals surface area contributed by atoms with Crippen LogP contribution in [0.25, 0.3) is 0 Å². The summed E-state index contributed by atoms with van der Waals surface area (Å²) in [7, 11) is 2.15. The summed E-state index contributed by atoms with van der Waals surface area (Å²) in [6, 6.07) is 0.315. The van der Waals surface area contributed by atoms with E-state index in [1.165, 1.54) is 19.4 Å². The number of nitrogens with zero attached hydrogens (tertiary/aromatic N) is 2. The van der Waals surface area contributed by atoms with E-state index in [-0.39, 0.29) is 0 Å². The Labute approximate surface area is 90.5 Å². The number of hydrogen-bond acceptors (Lipinski definition) is 4. The van der Waals surface area contributed by atoms with E-state index in [4.69, 9.17) is 10.2 Å². The third-order valence-electron chi connectivity index (χ3n) is 3.08. The molecule has 0 amide bonds. The van der Waals surface area contributed by atoms with Crippen molar-refractivity contribution in [1.82, 2.24) is 9.88 Å². The van der Waals surface area contributed by atoms with Gasteiger partial charge in [0.15, 0.2) is 0 Å². The fraction of sp³-hybridized carbons (Fsp3) is 0.727. The summed E-state index contributed by atoms with van der Waals surface area (Å²) in [4.78, 5) is 6.67. The average Bonchev–Trinajstić information content (AvgIpc) is 2.59. The number of likely N-dealkylation sites (N-methyl/N-ethyl adjacent to an activating group) is 1. The summed E-state index contributed by atoms with van der Waals surface area (Å²) >= 11 is 0. The molecule has 1 aliphatic heterocycles. The zero-order chi connectivity index (χ0) is 10.8. The summed E-state index contributed by atoms with van der Waals surface area (Å²) in [5.74, 6) is 1.47. The van der Waals surface area contributed by atoms with Gasteiger partial charge >= 0.3 is 0 Å². The van der Waals surface area contributed by atoms with Crippen molar-refractivity contribution in [3.05, 3.63) is 11.5 Å². The van der Waals surface area contributed by atoms with Gasteiger partial charge < -0.3 is 15.1 Å². The van der Waals surface area contributed by atoms with Gasteiger partial charge in [-0.1, -0.05) is 6.92 Å². The SMILES string of the molecule is CCc1oc(N)nc1C1CCCN(C)C1. The van der Waals surface area contributed by atoms with Gasteiger partial charge in [0.2, 0.25) is 0 Å². The fourth-order valence-electron chi connectivity index (χ4n) is 2.34. The molecule has 2 heterocycles. The molecule has 4 heteroatoms. The van der Waals surface area contributed by atoms with Crippen LogP contribution in [-0.2, 0) is 6.42 Å². The van der Waals surface area contributed by atoms with Crippen LogP contribution in [-0.4, -0.2) is 30.0 Å². The van der Waals surface area contributed by atoms with Gasteiger partial charge in [-0.25, -0.2) is 0 Å². The smallest absolute Gasteiger partial charge is 0.292 e. The Hall–Kier alpha value is -1.03. The van der Waals surface area contributed by atoms with E-state index < -0.39 is 0 Å². The number of likely N-dealkylation sites (tertiary alicyclic amines) is 1. The minimum atomic E-state index is 0.315. The lowest BCUT2D eigenvalue weighted by Gasteiger charge is -2.28. The number of hydrogen-bond donors (Lipinski definition) is 1. The summed E-state index contributed by atoms with van der Waals surface area (Å²) in [5.41, 5.74) is 6.69. The number of piperidine rings is 1. The number of anilines is 1. The topological polar surface area (TPSA) is 55.3 Å². The minimum Gasteiger partial charge on any atom is -0.429 e. The molecule has 4 nitrogen and oxygen atoms in total. The van der Waals surface area contributed by atoms with Crippen LogP contribution in [0.5, 0.6) is 0 Å². The van der Waals surface area contributed by atoms with Crippen molar-refractivity contribution in [2.24, 2.45) is 0 Å². The van der Waals surface area contributed by atoms with Crippen molar-refractivity contribution in [3.63, 3.8) is 0 Å². The molecule has 0 bridgehead atoms. The third-order valence-corrected chi connectivity index (χ3v) is 3.08. The third kappa shape index (κ3) is 2.15. The molecule has 15 heavy (non-hydrogen) atoms. The number of aryl methyl sites for hydroxylation is 1. The van der Waals surface area contributed by atoms with Crippen LogP contribution in [0.4, 0.5) is 6.01 Å². The zero-order valence-corrected chi connectivity index (χ0v) is 9.49. The Morgan fingerprint density at radius 3 is 3.07 bits per heavy atom. The molecular formula is C11H19N3O. The summed E-state index contributed by atoms with van der Waals surface area (Å²) in [6.45, 7) is 4.33. The second kappa shape index (κ2) is 4.23. The lowest BCUT2D eigenvalue weighted by Crippen LogP contribution is -2.31. The summed E-state index contributed by atoms with van der Waals surface area (Å²) < 4.78 is 5.40. The van der Waals surface area contributed by atoms with E-state index in [2.05, 4.69) is 23.9 Å². The molecule has 1 fully saturated rings. The first kappa shape index (κ1) is 10.5. The highest BCUT2D eigenvalue weighted by atomic mass is 16.4. The van der Waals surface area contributed by atoms with Crippen molar-refractivity contribution in [2.45, 2.75) is 32.1 Å². The van der Waals surface area contributed by atoms with E-state index in [9.17, 15) is 0 Å². The molecule has 0 radical (unpaired) electrons. The summed E-state index contributed by atoms with van der Waals surface area (Å²) in [5, 5.41) is 0. The van der Waals surface area contributed by atoms with Crippen LogP contribution in [0.1, 0.15) is 37.1 Å². The van der Waals surface area contributed by atoms with Crippen LogP contribution < -0.4 is 5.73 Å². The van der Waals surface area contributed by atoms with Gasteiger partial charge in [-0.15, -0.1) is 0 Å². The second-order valence-corrected chi connectivity index (χ2v) is 4.32. The average molecular weight is 209 g/mol. The van der Waals surface area contributed by atoms with Gasteiger partial charge in [-0.05, 0) is 26.4 Å². The number of nitrogen functional groups attached to an aromatic ring is 1. The molecule has 84 valence electrons. The molecular weight excluding hydrogens is 190 g/mol. The van der Waals surface area contributed by atoms with Crippen LogP contribution in [0.3, 0.4) is 0 Å². The summed E-state index contributed by atoms with van der Waals surface area (Å²) in [6.07, 6.45) is 3.31. The molecule has 2 N–H and O–H groups in total. The largest absolute Gasteiger partial charge is 0.429 e. The highest BCUT2D eigenvalue weighted by Crippen LogP contribution is 2.29. The first-order valence-corrected chi connectivity index (χ1v) is 5.64. The van der Waals surface area contributed by atoms with Gasteiger partial charge in [-0.3, -0.25) is 0 Å². The van der Waals surface area contributed by atoms with E-state index in [1.807, 2.05) is 0 Å². The monoisotopic (exact) mass is 209 g/mol. The Bertz CT molecular complexity index is 335. The lowest BCUT2D eigenvalue weighted by atomic mass is 9.94. The van der Waals surface area contributed by atoms with Gasteiger partial charge in [0.25, 0.3) is 6.01 Å². The van der Waals surface area contributed by atoms with E-state index in [0.29, 0.717) is 11.9 Å². The first-order valence-electron chi connectivity index (χ1n) is 5.64. The fourth-order valence-corrected chi connectivity index (χ4v) is 2.34. The van der Waals surface area contributed by atoms with Gasteiger partial charge in [0, 0.05) is 18.9 Å². The first-order chi connectivity index (χ1) is 7.20. The Morgan fingerprint density at radius 2 is 2.40 bits per heavy atom. The Morgan fingerprint density at radius 1 is 1.60 bits per heavy atom. The van der Waals surface area contributed by atoms with Gasteiger partial charge in [-0.2, -0.15) is 4.98 Å². The maximum Gasteiger partial charge on any atom is 0.292 e. The maximum atomic E-state index is 5.60. The van der Waals surface area contributed by atoms with E-state index >= 15 is 0 Å².